The summed E-state index contributed by atoms with van der Waals surface area (Å²) < 4.78 is 11.5. The van der Waals surface area contributed by atoms with Crippen molar-refractivity contribution in [1.29, 1.82) is 0 Å². The lowest BCUT2D eigenvalue weighted by Crippen LogP contribution is -2.30. The quantitative estimate of drug-likeness (QED) is 0.776. The van der Waals surface area contributed by atoms with Crippen LogP contribution >= 0.6 is 0 Å². The van der Waals surface area contributed by atoms with Crippen molar-refractivity contribution >= 4 is 0 Å². The van der Waals surface area contributed by atoms with E-state index in [-0.39, 0.29) is 6.10 Å². The first-order valence-electron chi connectivity index (χ1n) is 6.15. The molecule has 16 heavy (non-hydrogen) atoms. The van der Waals surface area contributed by atoms with Gasteiger partial charge in [-0.2, -0.15) is 0 Å². The van der Waals surface area contributed by atoms with Crippen LogP contribution in [0.1, 0.15) is 31.7 Å². The van der Waals surface area contributed by atoms with Crippen LogP contribution < -0.4 is 0 Å². The van der Waals surface area contributed by atoms with E-state index in [1.165, 1.54) is 5.56 Å². The average molecular weight is 220 g/mol. The average Bonchev–Trinajstić information content (AvgIpc) is 2.38. The van der Waals surface area contributed by atoms with Gasteiger partial charge in [-0.05, 0) is 24.8 Å². The molecule has 88 valence electrons. The zero-order chi connectivity index (χ0) is 11.2. The maximum atomic E-state index is 5.84. The number of hydrogen-bond acceptors (Lipinski definition) is 2. The van der Waals surface area contributed by atoms with Crippen LogP contribution in [0.3, 0.4) is 0 Å². The molecule has 2 rings (SSSR count). The van der Waals surface area contributed by atoms with Gasteiger partial charge in [0.2, 0.25) is 0 Å². The van der Waals surface area contributed by atoms with Crippen molar-refractivity contribution in [2.24, 2.45) is 0 Å². The van der Waals surface area contributed by atoms with E-state index < -0.39 is 0 Å². The van der Waals surface area contributed by atoms with Gasteiger partial charge in [-0.25, -0.2) is 0 Å². The van der Waals surface area contributed by atoms with Gasteiger partial charge >= 0.3 is 0 Å². The minimum absolute atomic E-state index is 0.281. The van der Waals surface area contributed by atoms with Crippen molar-refractivity contribution in [1.82, 2.24) is 0 Å². The largest absolute Gasteiger partial charge is 0.376 e. The third-order valence-corrected chi connectivity index (χ3v) is 3.11. The molecule has 1 saturated heterocycles. The Balaban J connectivity index is 1.72. The van der Waals surface area contributed by atoms with Crippen LogP contribution in [0.5, 0.6) is 0 Å². The van der Waals surface area contributed by atoms with E-state index in [2.05, 4.69) is 19.1 Å². The van der Waals surface area contributed by atoms with Gasteiger partial charge < -0.3 is 9.47 Å². The molecule has 0 aliphatic carbocycles. The van der Waals surface area contributed by atoms with Crippen molar-refractivity contribution < 1.29 is 9.47 Å². The van der Waals surface area contributed by atoms with E-state index in [0.717, 1.165) is 25.9 Å². The molecule has 0 amide bonds. The highest BCUT2D eigenvalue weighted by atomic mass is 16.5. The summed E-state index contributed by atoms with van der Waals surface area (Å²) in [5, 5.41) is 0. The maximum Gasteiger partial charge on any atom is 0.0814 e. The molecular formula is C14H20O2. The van der Waals surface area contributed by atoms with Crippen LogP contribution in [0.4, 0.5) is 0 Å². The second kappa shape index (κ2) is 6.02. The predicted octanol–water partition coefficient (Wildman–Crippen LogP) is 3.16. The molecule has 0 aromatic heterocycles. The van der Waals surface area contributed by atoms with Gasteiger partial charge in [-0.15, -0.1) is 0 Å². The monoisotopic (exact) mass is 220 g/mol. The van der Waals surface area contributed by atoms with E-state index in [0.29, 0.717) is 12.7 Å². The van der Waals surface area contributed by atoms with Gasteiger partial charge in [0.25, 0.3) is 0 Å². The summed E-state index contributed by atoms with van der Waals surface area (Å²) in [6, 6.07) is 10.3. The second-order valence-corrected chi connectivity index (χ2v) is 4.36. The van der Waals surface area contributed by atoms with E-state index in [1.807, 2.05) is 18.2 Å². The lowest BCUT2D eigenvalue weighted by Gasteiger charge is -2.28. The Morgan fingerprint density at radius 1 is 1.25 bits per heavy atom. The van der Waals surface area contributed by atoms with Crippen LogP contribution in [0, 0.1) is 0 Å². The fraction of sp³-hybridized carbons (Fsp3) is 0.571. The van der Waals surface area contributed by atoms with E-state index >= 15 is 0 Å². The van der Waals surface area contributed by atoms with Crippen LogP contribution in [-0.2, 0) is 16.1 Å². The summed E-state index contributed by atoms with van der Waals surface area (Å²) in [4.78, 5) is 0. The zero-order valence-electron chi connectivity index (χ0n) is 9.89. The summed E-state index contributed by atoms with van der Waals surface area (Å²) in [6.45, 7) is 3.63. The van der Waals surface area contributed by atoms with Crippen LogP contribution in [0.25, 0.3) is 0 Å². The normalized spacial score (nSPS) is 25.6. The summed E-state index contributed by atoms with van der Waals surface area (Å²) in [7, 11) is 0. The molecule has 0 spiro atoms. The minimum Gasteiger partial charge on any atom is -0.376 e. The Labute approximate surface area is 97.6 Å². The van der Waals surface area contributed by atoms with Gasteiger partial charge in [-0.3, -0.25) is 0 Å². The van der Waals surface area contributed by atoms with Crippen molar-refractivity contribution in [3.8, 4) is 0 Å². The molecule has 0 N–H and O–H groups in total. The Hall–Kier alpha value is -0.860. The standard InChI is InChI=1S/C14H20O2/c1-2-13-8-9-14(11-16-13)15-10-12-6-4-3-5-7-12/h3-7,13-14H,2,8-11H2,1H3/t13-,14+/m1/s1. The smallest absolute Gasteiger partial charge is 0.0814 e. The lowest BCUT2D eigenvalue weighted by molar-refractivity contribution is -0.0910. The van der Waals surface area contributed by atoms with Crippen LogP contribution in [0.2, 0.25) is 0 Å². The van der Waals surface area contributed by atoms with Gasteiger partial charge in [-0.1, -0.05) is 37.3 Å². The highest BCUT2D eigenvalue weighted by Crippen LogP contribution is 2.19. The van der Waals surface area contributed by atoms with Crippen molar-refractivity contribution in [2.75, 3.05) is 6.61 Å². The number of rotatable bonds is 4. The summed E-state index contributed by atoms with van der Waals surface area (Å²) in [5.41, 5.74) is 1.24. The Bertz CT molecular complexity index is 289. The first kappa shape index (κ1) is 11.6. The fourth-order valence-corrected chi connectivity index (χ4v) is 2.02. The summed E-state index contributed by atoms with van der Waals surface area (Å²) in [5.74, 6) is 0. The lowest BCUT2D eigenvalue weighted by atomic mass is 10.1. The zero-order valence-corrected chi connectivity index (χ0v) is 9.89. The molecule has 0 bridgehead atoms. The molecule has 1 heterocycles. The molecule has 1 fully saturated rings. The molecule has 1 aliphatic heterocycles. The van der Waals surface area contributed by atoms with Gasteiger partial charge in [0.15, 0.2) is 0 Å². The molecule has 2 heteroatoms. The molecule has 1 aliphatic rings. The third-order valence-electron chi connectivity index (χ3n) is 3.11. The number of ether oxygens (including phenoxy) is 2. The molecule has 1 aromatic carbocycles. The minimum atomic E-state index is 0.281. The van der Waals surface area contributed by atoms with Gasteiger partial charge in [0, 0.05) is 0 Å². The second-order valence-electron chi connectivity index (χ2n) is 4.36. The molecule has 2 nitrogen and oxygen atoms in total. The number of benzene rings is 1. The molecule has 2 atom stereocenters. The Kier molecular flexibility index (Phi) is 4.37. The maximum absolute atomic E-state index is 5.84. The third kappa shape index (κ3) is 3.32. The molecular weight excluding hydrogens is 200 g/mol. The van der Waals surface area contributed by atoms with Gasteiger partial charge in [0.05, 0.1) is 25.4 Å². The topological polar surface area (TPSA) is 18.5 Å². The molecule has 0 saturated carbocycles. The Morgan fingerprint density at radius 2 is 2.06 bits per heavy atom. The number of hydrogen-bond donors (Lipinski definition) is 0. The Morgan fingerprint density at radius 3 is 2.69 bits per heavy atom. The van der Waals surface area contributed by atoms with Crippen LogP contribution in [-0.4, -0.2) is 18.8 Å². The summed E-state index contributed by atoms with van der Waals surface area (Å²) >= 11 is 0. The summed E-state index contributed by atoms with van der Waals surface area (Å²) in [6.07, 6.45) is 4.12. The first-order valence-corrected chi connectivity index (χ1v) is 6.15. The molecule has 1 aromatic rings. The van der Waals surface area contributed by atoms with Crippen LogP contribution in [0.15, 0.2) is 30.3 Å². The van der Waals surface area contributed by atoms with Crippen molar-refractivity contribution in [3.63, 3.8) is 0 Å². The first-order chi connectivity index (χ1) is 7.88. The molecule has 0 radical (unpaired) electrons. The fourth-order valence-electron chi connectivity index (χ4n) is 2.02. The van der Waals surface area contributed by atoms with Gasteiger partial charge in [0.1, 0.15) is 0 Å². The SMILES string of the molecule is CC[C@@H]1CC[C@H](OCc2ccccc2)CO1. The van der Waals surface area contributed by atoms with E-state index in [4.69, 9.17) is 9.47 Å². The van der Waals surface area contributed by atoms with E-state index in [9.17, 15) is 0 Å². The van der Waals surface area contributed by atoms with Crippen molar-refractivity contribution in [3.05, 3.63) is 35.9 Å². The molecule has 0 unspecified atom stereocenters. The highest BCUT2D eigenvalue weighted by Gasteiger charge is 2.20. The highest BCUT2D eigenvalue weighted by molar-refractivity contribution is 5.13. The predicted molar refractivity (Wildman–Crippen MR) is 64.3 cm³/mol. The van der Waals surface area contributed by atoms with Crippen molar-refractivity contribution in [2.45, 2.75) is 45.0 Å². The van der Waals surface area contributed by atoms with E-state index in [1.54, 1.807) is 0 Å².